The van der Waals surface area contributed by atoms with Crippen molar-refractivity contribution >= 4 is 11.9 Å². The van der Waals surface area contributed by atoms with Crippen LogP contribution in [0.5, 0.6) is 0 Å². The SMILES string of the molecule is CC[C@@H](C)[C@H]1CC[C@H]2[C@@H]3CCC4C[C@H](OC(C)=O)CC[C@]4(C)[C@H]3C[C@H](OC(C)=O)[C@]12C. The summed E-state index contributed by atoms with van der Waals surface area (Å²) in [7, 11) is 0. The summed E-state index contributed by atoms with van der Waals surface area (Å²) in [6, 6.07) is 0. The van der Waals surface area contributed by atoms with E-state index in [9.17, 15) is 9.59 Å². The van der Waals surface area contributed by atoms with Crippen molar-refractivity contribution in [3.63, 3.8) is 0 Å². The Hall–Kier alpha value is -1.06. The molecule has 1 unspecified atom stereocenters. The second kappa shape index (κ2) is 8.37. The van der Waals surface area contributed by atoms with Crippen LogP contribution in [0, 0.1) is 46.3 Å². The predicted molar refractivity (Wildman–Crippen MR) is 121 cm³/mol. The van der Waals surface area contributed by atoms with Gasteiger partial charge in [-0.25, -0.2) is 0 Å². The summed E-state index contributed by atoms with van der Waals surface area (Å²) >= 11 is 0. The fraction of sp³-hybridized carbons (Fsp3) is 0.926. The fourth-order valence-electron chi connectivity index (χ4n) is 9.12. The monoisotopic (exact) mass is 432 g/mol. The zero-order valence-electron chi connectivity index (χ0n) is 20.6. The van der Waals surface area contributed by atoms with E-state index in [0.717, 1.165) is 31.6 Å². The molecule has 10 atom stereocenters. The van der Waals surface area contributed by atoms with Gasteiger partial charge in [-0.3, -0.25) is 9.59 Å². The molecule has 4 nitrogen and oxygen atoms in total. The zero-order valence-corrected chi connectivity index (χ0v) is 20.6. The molecule has 0 aromatic heterocycles. The molecular formula is C27H44O4. The average Bonchev–Trinajstić information content (AvgIpc) is 3.06. The van der Waals surface area contributed by atoms with Gasteiger partial charge in [0.25, 0.3) is 0 Å². The minimum atomic E-state index is -0.146. The van der Waals surface area contributed by atoms with Gasteiger partial charge < -0.3 is 9.47 Å². The van der Waals surface area contributed by atoms with Gasteiger partial charge in [0.2, 0.25) is 0 Å². The summed E-state index contributed by atoms with van der Waals surface area (Å²) in [6.45, 7) is 12.8. The molecule has 4 aliphatic rings. The van der Waals surface area contributed by atoms with Crippen molar-refractivity contribution in [3.8, 4) is 0 Å². The third kappa shape index (κ3) is 3.74. The minimum absolute atomic E-state index is 0.0412. The number of hydrogen-bond acceptors (Lipinski definition) is 4. The maximum Gasteiger partial charge on any atom is 0.302 e. The van der Waals surface area contributed by atoms with Gasteiger partial charge in [0, 0.05) is 19.3 Å². The van der Waals surface area contributed by atoms with Crippen molar-refractivity contribution in [1.29, 1.82) is 0 Å². The van der Waals surface area contributed by atoms with E-state index in [0.29, 0.717) is 29.6 Å². The van der Waals surface area contributed by atoms with Crippen LogP contribution in [0.15, 0.2) is 0 Å². The van der Waals surface area contributed by atoms with Crippen molar-refractivity contribution in [3.05, 3.63) is 0 Å². The first-order chi connectivity index (χ1) is 14.6. The highest BCUT2D eigenvalue weighted by Crippen LogP contribution is 2.69. The number of fused-ring (bicyclic) bond motifs is 5. The first-order valence-corrected chi connectivity index (χ1v) is 13.0. The lowest BCUT2D eigenvalue weighted by atomic mass is 9.43. The van der Waals surface area contributed by atoms with Crippen LogP contribution in [0.1, 0.15) is 99.3 Å². The number of esters is 2. The van der Waals surface area contributed by atoms with Crippen molar-refractivity contribution in [2.75, 3.05) is 0 Å². The van der Waals surface area contributed by atoms with Crippen LogP contribution in [-0.4, -0.2) is 24.1 Å². The molecule has 0 saturated heterocycles. The normalized spacial score (nSPS) is 47.5. The minimum Gasteiger partial charge on any atom is -0.463 e. The number of ether oxygens (including phenoxy) is 2. The number of carbonyl (C=O) groups is 2. The Labute approximate surface area is 189 Å². The van der Waals surface area contributed by atoms with Gasteiger partial charge in [-0.2, -0.15) is 0 Å². The van der Waals surface area contributed by atoms with Gasteiger partial charge in [0.05, 0.1) is 0 Å². The topological polar surface area (TPSA) is 52.6 Å². The van der Waals surface area contributed by atoms with E-state index < -0.39 is 0 Å². The summed E-state index contributed by atoms with van der Waals surface area (Å²) in [5.74, 6) is 3.70. The van der Waals surface area contributed by atoms with E-state index in [4.69, 9.17) is 9.47 Å². The summed E-state index contributed by atoms with van der Waals surface area (Å²) < 4.78 is 11.8. The molecule has 4 saturated carbocycles. The third-order valence-electron chi connectivity index (χ3n) is 10.7. The van der Waals surface area contributed by atoms with Gasteiger partial charge in [0.15, 0.2) is 0 Å². The highest BCUT2D eigenvalue weighted by Gasteiger charge is 2.65. The highest BCUT2D eigenvalue weighted by atomic mass is 16.5. The molecule has 0 amide bonds. The van der Waals surface area contributed by atoms with E-state index in [1.807, 2.05) is 0 Å². The fourth-order valence-corrected chi connectivity index (χ4v) is 9.12. The molecule has 0 N–H and O–H groups in total. The molecule has 0 aliphatic heterocycles. The molecule has 31 heavy (non-hydrogen) atoms. The van der Waals surface area contributed by atoms with Crippen LogP contribution < -0.4 is 0 Å². The van der Waals surface area contributed by atoms with Crippen LogP contribution >= 0.6 is 0 Å². The van der Waals surface area contributed by atoms with Crippen LogP contribution in [-0.2, 0) is 19.1 Å². The predicted octanol–water partition coefficient (Wildman–Crippen LogP) is 6.16. The Morgan fingerprint density at radius 1 is 0.935 bits per heavy atom. The Balaban J connectivity index is 1.63. The van der Waals surface area contributed by atoms with E-state index >= 15 is 0 Å². The summed E-state index contributed by atoms with van der Waals surface area (Å²) in [5, 5.41) is 0. The summed E-state index contributed by atoms with van der Waals surface area (Å²) in [6.07, 6.45) is 10.6. The highest BCUT2D eigenvalue weighted by molar-refractivity contribution is 5.66. The van der Waals surface area contributed by atoms with Crippen molar-refractivity contribution < 1.29 is 19.1 Å². The second-order valence-corrected chi connectivity index (χ2v) is 11.9. The number of carbonyl (C=O) groups excluding carboxylic acids is 2. The molecule has 0 aromatic rings. The standard InChI is InChI=1S/C27H44O4/c1-7-16(2)22-10-11-23-21-9-8-19-14-20(30-17(3)28)12-13-26(19,5)24(21)15-25(27(22,23)6)31-18(4)29/h16,19-25H,7-15H2,1-6H3/t16-,19?,20-,21+,22-,23+,24+,25+,26+,27-/m1/s1. The smallest absolute Gasteiger partial charge is 0.302 e. The number of hydrogen-bond donors (Lipinski definition) is 0. The molecule has 4 aliphatic carbocycles. The first-order valence-electron chi connectivity index (χ1n) is 13.0. The van der Waals surface area contributed by atoms with Gasteiger partial charge in [-0.15, -0.1) is 0 Å². The van der Waals surface area contributed by atoms with Crippen LogP contribution in [0.2, 0.25) is 0 Å². The second-order valence-electron chi connectivity index (χ2n) is 11.9. The lowest BCUT2D eigenvalue weighted by Gasteiger charge is -2.62. The molecule has 0 radical (unpaired) electrons. The third-order valence-corrected chi connectivity index (χ3v) is 10.7. The van der Waals surface area contributed by atoms with Gasteiger partial charge in [-0.1, -0.05) is 34.1 Å². The maximum atomic E-state index is 12.2. The van der Waals surface area contributed by atoms with E-state index in [1.54, 1.807) is 6.92 Å². The summed E-state index contributed by atoms with van der Waals surface area (Å²) in [4.78, 5) is 23.7. The molecule has 0 spiro atoms. The van der Waals surface area contributed by atoms with Crippen LogP contribution in [0.3, 0.4) is 0 Å². The maximum absolute atomic E-state index is 12.2. The Morgan fingerprint density at radius 2 is 1.65 bits per heavy atom. The average molecular weight is 433 g/mol. The van der Waals surface area contributed by atoms with Crippen molar-refractivity contribution in [1.82, 2.24) is 0 Å². The number of rotatable bonds is 4. The van der Waals surface area contributed by atoms with Gasteiger partial charge >= 0.3 is 11.9 Å². The Kier molecular flexibility index (Phi) is 6.24. The molecule has 4 fully saturated rings. The molecule has 0 bridgehead atoms. The lowest BCUT2D eigenvalue weighted by Crippen LogP contribution is -2.59. The molecule has 4 rings (SSSR count). The van der Waals surface area contributed by atoms with Crippen molar-refractivity contribution in [2.45, 2.75) is 112 Å². The van der Waals surface area contributed by atoms with E-state index in [-0.39, 0.29) is 35.0 Å². The van der Waals surface area contributed by atoms with Gasteiger partial charge in [-0.05, 0) is 92.3 Å². The van der Waals surface area contributed by atoms with Crippen LogP contribution in [0.25, 0.3) is 0 Å². The molecule has 176 valence electrons. The lowest BCUT2D eigenvalue weighted by molar-refractivity contribution is -0.197. The molecular weight excluding hydrogens is 388 g/mol. The molecule has 4 heteroatoms. The van der Waals surface area contributed by atoms with E-state index in [1.165, 1.54) is 39.0 Å². The van der Waals surface area contributed by atoms with Gasteiger partial charge in [0.1, 0.15) is 12.2 Å². The van der Waals surface area contributed by atoms with Crippen molar-refractivity contribution in [2.24, 2.45) is 46.3 Å². The Bertz CT molecular complexity index is 703. The quantitative estimate of drug-likeness (QED) is 0.499. The first kappa shape index (κ1) is 23.1. The largest absolute Gasteiger partial charge is 0.463 e. The molecule has 0 aromatic carbocycles. The Morgan fingerprint density at radius 3 is 2.29 bits per heavy atom. The van der Waals surface area contributed by atoms with Crippen LogP contribution in [0.4, 0.5) is 0 Å². The molecule has 0 heterocycles. The van der Waals surface area contributed by atoms with E-state index in [2.05, 4.69) is 27.7 Å². The zero-order chi connectivity index (χ0) is 22.6. The summed E-state index contributed by atoms with van der Waals surface area (Å²) in [5.41, 5.74) is 0.383.